The van der Waals surface area contributed by atoms with Crippen LogP contribution in [0.5, 0.6) is 0 Å². The fraction of sp³-hybridized carbons (Fsp3) is 0.500. The number of carbonyl (C=O) groups is 3. The SMILES string of the molecule is N.O=C(O)CC(O)(CC(=O)O)C(=O)O.[Bi+3]. The molecule has 0 fully saturated rings. The second-order valence-electron chi connectivity index (χ2n) is 2.48. The summed E-state index contributed by atoms with van der Waals surface area (Å²) in [6, 6.07) is 0. The number of hydrogen-bond acceptors (Lipinski definition) is 5. The molecule has 0 heterocycles. The van der Waals surface area contributed by atoms with Crippen molar-refractivity contribution in [3.05, 3.63) is 0 Å². The van der Waals surface area contributed by atoms with Gasteiger partial charge in [0.15, 0.2) is 5.60 Å². The number of hydrogen-bond donors (Lipinski definition) is 5. The molecule has 0 saturated heterocycles. The van der Waals surface area contributed by atoms with Gasteiger partial charge in [-0.25, -0.2) is 4.79 Å². The zero-order valence-electron chi connectivity index (χ0n) is 7.58. The first-order chi connectivity index (χ1) is 5.78. The van der Waals surface area contributed by atoms with Crippen LogP contribution in [0.2, 0.25) is 0 Å². The molecule has 7 N–H and O–H groups in total. The predicted octanol–water partition coefficient (Wildman–Crippen LogP) is -1.47. The summed E-state index contributed by atoms with van der Waals surface area (Å²) in [5, 5.41) is 33.8. The largest absolute Gasteiger partial charge is 3.00 e. The molecule has 15 heavy (non-hydrogen) atoms. The molecule has 0 bridgehead atoms. The standard InChI is InChI=1S/C6H8O7.Bi.H3N/c7-3(8)1-6(13,5(11)12)2-4(9)10;;/h13H,1-2H2,(H,7,8)(H,9,10)(H,11,12);;1H3/q;+3;. The zero-order valence-corrected chi connectivity index (χ0v) is 11.1. The third kappa shape index (κ3) is 7.18. The van der Waals surface area contributed by atoms with Gasteiger partial charge in [0.2, 0.25) is 0 Å². The smallest absolute Gasteiger partial charge is 0.481 e. The van der Waals surface area contributed by atoms with Crippen molar-refractivity contribution in [3.63, 3.8) is 0 Å². The van der Waals surface area contributed by atoms with Crippen LogP contribution in [0.3, 0.4) is 0 Å². The molecule has 0 rings (SSSR count). The second kappa shape index (κ2) is 7.50. The van der Waals surface area contributed by atoms with Crippen LogP contribution in [0.4, 0.5) is 0 Å². The van der Waals surface area contributed by atoms with Crippen molar-refractivity contribution in [2.75, 3.05) is 0 Å². The van der Waals surface area contributed by atoms with Crippen molar-refractivity contribution in [2.24, 2.45) is 0 Å². The Hall–Kier alpha value is -0.787. The zero-order chi connectivity index (χ0) is 10.6. The van der Waals surface area contributed by atoms with E-state index in [4.69, 9.17) is 20.4 Å². The van der Waals surface area contributed by atoms with Gasteiger partial charge in [-0.3, -0.25) is 9.59 Å². The summed E-state index contributed by atoms with van der Waals surface area (Å²) in [4.78, 5) is 30.5. The Balaban J connectivity index is -0.000000720. The third-order valence-electron chi connectivity index (χ3n) is 1.29. The molecule has 0 spiro atoms. The Kier molecular flexibility index (Phi) is 9.86. The Morgan fingerprint density at radius 2 is 1.20 bits per heavy atom. The van der Waals surface area contributed by atoms with E-state index in [0.717, 1.165) is 0 Å². The maximum atomic E-state index is 10.3. The van der Waals surface area contributed by atoms with Gasteiger partial charge in [-0.05, 0) is 0 Å². The number of rotatable bonds is 5. The quantitative estimate of drug-likeness (QED) is 0.338. The number of carboxylic acids is 3. The Morgan fingerprint density at radius 3 is 1.33 bits per heavy atom. The Morgan fingerprint density at radius 1 is 0.933 bits per heavy atom. The van der Waals surface area contributed by atoms with Crippen LogP contribution in [0.25, 0.3) is 0 Å². The van der Waals surface area contributed by atoms with Crippen molar-refractivity contribution < 1.29 is 34.8 Å². The summed E-state index contributed by atoms with van der Waals surface area (Å²) in [5.74, 6) is -5.02. The van der Waals surface area contributed by atoms with E-state index in [9.17, 15) is 14.4 Å². The first kappa shape index (κ1) is 19.7. The van der Waals surface area contributed by atoms with Crippen LogP contribution in [0, 0.1) is 0 Å². The van der Waals surface area contributed by atoms with Crippen molar-refractivity contribution >= 4 is 44.1 Å². The summed E-state index contributed by atoms with van der Waals surface area (Å²) in [7, 11) is 0. The van der Waals surface area contributed by atoms with Gasteiger partial charge < -0.3 is 26.6 Å². The van der Waals surface area contributed by atoms with Gasteiger partial charge in [0.1, 0.15) is 0 Å². The molecule has 0 aliphatic heterocycles. The van der Waals surface area contributed by atoms with E-state index in [2.05, 4.69) is 0 Å². The molecule has 0 aromatic carbocycles. The summed E-state index contributed by atoms with van der Waals surface area (Å²) < 4.78 is 0. The van der Waals surface area contributed by atoms with E-state index in [1.54, 1.807) is 0 Å². The number of aliphatic carboxylic acids is 3. The molecule has 2 radical (unpaired) electrons. The maximum absolute atomic E-state index is 10.3. The monoisotopic (exact) mass is 418 g/mol. The molecule has 0 aromatic heterocycles. The average Bonchev–Trinajstić information content (AvgIpc) is 1.82. The van der Waals surface area contributed by atoms with E-state index in [0.29, 0.717) is 0 Å². The fourth-order valence-corrected chi connectivity index (χ4v) is 0.714. The molecule has 84 valence electrons. The molecular formula is C6H11BiNO7+3. The van der Waals surface area contributed by atoms with Gasteiger partial charge >= 0.3 is 44.1 Å². The molecule has 9 heteroatoms. The van der Waals surface area contributed by atoms with Gasteiger partial charge in [0.25, 0.3) is 0 Å². The van der Waals surface area contributed by atoms with Gasteiger partial charge in [0, 0.05) is 0 Å². The second-order valence-corrected chi connectivity index (χ2v) is 2.48. The maximum Gasteiger partial charge on any atom is 3.00 e. The summed E-state index contributed by atoms with van der Waals surface area (Å²) in [6.07, 6.45) is -2.29. The number of carboxylic acid groups (broad SMARTS) is 3. The van der Waals surface area contributed by atoms with E-state index in [-0.39, 0.29) is 32.4 Å². The van der Waals surface area contributed by atoms with Crippen molar-refractivity contribution in [2.45, 2.75) is 18.4 Å². The van der Waals surface area contributed by atoms with Gasteiger partial charge in [-0.15, -0.1) is 0 Å². The molecule has 0 aliphatic rings. The first-order valence-electron chi connectivity index (χ1n) is 3.17. The molecule has 8 nitrogen and oxygen atoms in total. The molecule has 0 atom stereocenters. The van der Waals surface area contributed by atoms with Crippen molar-refractivity contribution in [1.82, 2.24) is 6.15 Å². The first-order valence-corrected chi connectivity index (χ1v) is 3.17. The van der Waals surface area contributed by atoms with Crippen LogP contribution in [0.15, 0.2) is 0 Å². The minimum atomic E-state index is -2.74. The Bertz CT molecular complexity index is 238. The Labute approximate surface area is 104 Å². The molecular weight excluding hydrogens is 407 g/mol. The normalized spacial score (nSPS) is 9.40. The van der Waals surface area contributed by atoms with Crippen LogP contribution in [0.1, 0.15) is 12.8 Å². The van der Waals surface area contributed by atoms with Crippen LogP contribution in [-0.2, 0) is 14.4 Å². The number of aliphatic hydroxyl groups is 1. The minimum absolute atomic E-state index is 0. The average molecular weight is 418 g/mol. The van der Waals surface area contributed by atoms with Gasteiger partial charge in [-0.1, -0.05) is 0 Å². The molecule has 0 aromatic rings. The van der Waals surface area contributed by atoms with Gasteiger partial charge in [0.05, 0.1) is 12.8 Å². The van der Waals surface area contributed by atoms with E-state index >= 15 is 0 Å². The van der Waals surface area contributed by atoms with Crippen LogP contribution < -0.4 is 6.15 Å². The van der Waals surface area contributed by atoms with Crippen molar-refractivity contribution in [1.29, 1.82) is 0 Å². The fourth-order valence-electron chi connectivity index (χ4n) is 0.714. The topological polar surface area (TPSA) is 167 Å². The van der Waals surface area contributed by atoms with E-state index in [1.165, 1.54) is 0 Å². The predicted molar refractivity (Wildman–Crippen MR) is 47.9 cm³/mol. The van der Waals surface area contributed by atoms with E-state index < -0.39 is 36.4 Å². The molecule has 0 amide bonds. The van der Waals surface area contributed by atoms with Crippen molar-refractivity contribution in [3.8, 4) is 0 Å². The van der Waals surface area contributed by atoms with Gasteiger partial charge in [-0.2, -0.15) is 0 Å². The van der Waals surface area contributed by atoms with Crippen LogP contribution >= 0.6 is 0 Å². The molecule has 0 unspecified atom stereocenters. The third-order valence-corrected chi connectivity index (χ3v) is 1.29. The molecule has 0 saturated carbocycles. The summed E-state index contributed by atoms with van der Waals surface area (Å²) in [6.45, 7) is 0. The van der Waals surface area contributed by atoms with Crippen LogP contribution in [-0.4, -0.2) is 70.1 Å². The summed E-state index contributed by atoms with van der Waals surface area (Å²) >= 11 is 0. The summed E-state index contributed by atoms with van der Waals surface area (Å²) in [5.41, 5.74) is -2.74. The minimum Gasteiger partial charge on any atom is -0.481 e. The van der Waals surface area contributed by atoms with E-state index in [1.807, 2.05) is 0 Å². The molecule has 0 aliphatic carbocycles.